The van der Waals surface area contributed by atoms with Gasteiger partial charge in [-0.15, -0.1) is 0 Å². The van der Waals surface area contributed by atoms with E-state index in [9.17, 15) is 26.9 Å². The molecule has 4 rings (SSSR count). The first-order valence-electron chi connectivity index (χ1n) is 10.2. The van der Waals surface area contributed by atoms with E-state index in [1.54, 1.807) is 45.8 Å². The van der Waals surface area contributed by atoms with Gasteiger partial charge in [-0.2, -0.15) is 23.2 Å². The van der Waals surface area contributed by atoms with Gasteiger partial charge in [-0.1, -0.05) is 17.7 Å². The number of fused-ring (bicyclic) bond motifs is 1. The molecule has 1 N–H and O–H groups in total. The van der Waals surface area contributed by atoms with Crippen molar-refractivity contribution >= 4 is 32.5 Å². The standard InChI is InChI=1S/C23H17ClF3N5O2S/c1-13-9-20-16(10-18(13)24)17(11-28)22(32(20)21-5-3-4-8-29-21)19-7-6-15(12-30-19)35(33,34)31-14(2)23(25,26)27/h3-10,12,14,31H,1-2H3/t14-/m0/s1. The van der Waals surface area contributed by atoms with Crippen LogP contribution < -0.4 is 4.72 Å². The highest BCUT2D eigenvalue weighted by Gasteiger charge is 2.39. The van der Waals surface area contributed by atoms with Gasteiger partial charge in [-0.05, 0) is 55.8 Å². The van der Waals surface area contributed by atoms with Crippen LogP contribution >= 0.6 is 11.6 Å². The lowest BCUT2D eigenvalue weighted by atomic mass is 10.1. The summed E-state index contributed by atoms with van der Waals surface area (Å²) in [5.41, 5.74) is 2.20. The zero-order valence-corrected chi connectivity index (χ0v) is 19.9. The zero-order valence-electron chi connectivity index (χ0n) is 18.3. The van der Waals surface area contributed by atoms with Crippen LogP contribution in [0.5, 0.6) is 0 Å². The molecule has 12 heteroatoms. The van der Waals surface area contributed by atoms with Gasteiger partial charge in [0.05, 0.1) is 22.5 Å². The van der Waals surface area contributed by atoms with Crippen molar-refractivity contribution in [1.82, 2.24) is 19.3 Å². The van der Waals surface area contributed by atoms with Crippen molar-refractivity contribution in [1.29, 1.82) is 5.26 Å². The molecule has 0 aliphatic rings. The van der Waals surface area contributed by atoms with Gasteiger partial charge in [-0.25, -0.2) is 13.4 Å². The Bertz CT molecular complexity index is 1560. The number of pyridine rings is 2. The molecule has 0 bridgehead atoms. The maximum Gasteiger partial charge on any atom is 0.404 e. The second kappa shape index (κ2) is 8.96. The third-order valence-corrected chi connectivity index (χ3v) is 7.28. The molecule has 0 aliphatic heterocycles. The van der Waals surface area contributed by atoms with Crippen LogP contribution in [0.3, 0.4) is 0 Å². The Hall–Kier alpha value is -3.46. The molecule has 4 aromatic rings. The van der Waals surface area contributed by atoms with Crippen molar-refractivity contribution in [2.24, 2.45) is 0 Å². The number of nitrogens with zero attached hydrogens (tertiary/aromatic N) is 4. The molecular weight excluding hydrogens is 503 g/mol. The molecule has 1 atom stereocenters. The molecule has 7 nitrogen and oxygen atoms in total. The average Bonchev–Trinajstić information content (AvgIpc) is 3.12. The Morgan fingerprint density at radius 3 is 2.49 bits per heavy atom. The highest BCUT2D eigenvalue weighted by Crippen LogP contribution is 2.37. The van der Waals surface area contributed by atoms with Crippen molar-refractivity contribution in [2.45, 2.75) is 31.0 Å². The number of nitriles is 1. The molecule has 180 valence electrons. The Labute approximate surface area is 203 Å². The first-order valence-corrected chi connectivity index (χ1v) is 12.0. The summed E-state index contributed by atoms with van der Waals surface area (Å²) in [7, 11) is -4.49. The fourth-order valence-electron chi connectivity index (χ4n) is 3.54. The minimum absolute atomic E-state index is 0.222. The van der Waals surface area contributed by atoms with E-state index in [4.69, 9.17) is 11.6 Å². The van der Waals surface area contributed by atoms with Crippen LogP contribution in [0.1, 0.15) is 18.1 Å². The number of nitrogens with one attached hydrogen (secondary N) is 1. The SMILES string of the molecule is Cc1cc2c(cc1Cl)c(C#N)c(-c1ccc(S(=O)(=O)N[C@@H](C)C(F)(F)F)cn1)n2-c1ccccn1. The smallest absolute Gasteiger partial charge is 0.291 e. The monoisotopic (exact) mass is 519 g/mol. The summed E-state index contributed by atoms with van der Waals surface area (Å²) in [5.74, 6) is 0.481. The number of aromatic nitrogens is 3. The summed E-state index contributed by atoms with van der Waals surface area (Å²) in [4.78, 5) is 8.12. The lowest BCUT2D eigenvalue weighted by Gasteiger charge is -2.17. The first kappa shape index (κ1) is 24.7. The van der Waals surface area contributed by atoms with Gasteiger partial charge in [0.25, 0.3) is 0 Å². The zero-order chi connectivity index (χ0) is 25.5. The number of alkyl halides is 3. The molecule has 0 saturated carbocycles. The van der Waals surface area contributed by atoms with Crippen LogP contribution in [-0.2, 0) is 10.0 Å². The van der Waals surface area contributed by atoms with Crippen LogP contribution in [0.2, 0.25) is 5.02 Å². The molecule has 35 heavy (non-hydrogen) atoms. The van der Waals surface area contributed by atoms with Crippen molar-refractivity contribution in [2.75, 3.05) is 0 Å². The minimum atomic E-state index is -4.74. The molecule has 0 amide bonds. The first-order chi connectivity index (χ1) is 16.4. The summed E-state index contributed by atoms with van der Waals surface area (Å²) in [6.07, 6.45) is -2.22. The fraction of sp³-hybridized carbons (Fsp3) is 0.174. The number of benzene rings is 1. The van der Waals surface area contributed by atoms with Crippen LogP contribution in [0.25, 0.3) is 28.1 Å². The molecular formula is C23H17ClF3N5O2S. The van der Waals surface area contributed by atoms with E-state index in [2.05, 4.69) is 16.0 Å². The number of halogens is 4. The average molecular weight is 520 g/mol. The number of aryl methyl sites for hydroxylation is 1. The van der Waals surface area contributed by atoms with Gasteiger partial charge in [0, 0.05) is 22.8 Å². The number of sulfonamides is 1. The van der Waals surface area contributed by atoms with Crippen LogP contribution in [0, 0.1) is 18.3 Å². The number of hydrogen-bond acceptors (Lipinski definition) is 5. The maximum atomic E-state index is 12.8. The largest absolute Gasteiger partial charge is 0.404 e. The summed E-state index contributed by atoms with van der Waals surface area (Å²) in [6, 6.07) is 11.0. The molecule has 0 saturated heterocycles. The highest BCUT2D eigenvalue weighted by atomic mass is 35.5. The molecule has 0 radical (unpaired) electrons. The third-order valence-electron chi connectivity index (χ3n) is 5.35. The van der Waals surface area contributed by atoms with E-state index in [-0.39, 0.29) is 11.3 Å². The maximum absolute atomic E-state index is 12.8. The summed E-state index contributed by atoms with van der Waals surface area (Å²) in [5, 5.41) is 11.0. The minimum Gasteiger partial charge on any atom is -0.291 e. The molecule has 3 aromatic heterocycles. The molecule has 0 spiro atoms. The van der Waals surface area contributed by atoms with E-state index < -0.39 is 27.1 Å². The Morgan fingerprint density at radius 1 is 1.17 bits per heavy atom. The van der Waals surface area contributed by atoms with E-state index >= 15 is 0 Å². The third kappa shape index (κ3) is 4.60. The van der Waals surface area contributed by atoms with Gasteiger partial charge < -0.3 is 0 Å². The van der Waals surface area contributed by atoms with Crippen molar-refractivity contribution < 1.29 is 21.6 Å². The molecule has 0 fully saturated rings. The summed E-state index contributed by atoms with van der Waals surface area (Å²) < 4.78 is 66.7. The molecule has 3 heterocycles. The fourth-order valence-corrected chi connectivity index (χ4v) is 4.88. The Kier molecular flexibility index (Phi) is 6.31. The van der Waals surface area contributed by atoms with E-state index in [1.807, 2.05) is 6.92 Å². The highest BCUT2D eigenvalue weighted by molar-refractivity contribution is 7.89. The Balaban J connectivity index is 1.90. The predicted molar refractivity (Wildman–Crippen MR) is 125 cm³/mol. The molecule has 1 aromatic carbocycles. The van der Waals surface area contributed by atoms with Gasteiger partial charge in [0.1, 0.15) is 22.8 Å². The van der Waals surface area contributed by atoms with Crippen molar-refractivity contribution in [3.8, 4) is 23.3 Å². The topological polar surface area (TPSA) is 101 Å². The normalized spacial score (nSPS) is 13.1. The van der Waals surface area contributed by atoms with Crippen molar-refractivity contribution in [3.63, 3.8) is 0 Å². The van der Waals surface area contributed by atoms with Gasteiger partial charge >= 0.3 is 6.18 Å². The van der Waals surface area contributed by atoms with Gasteiger partial charge in [0.2, 0.25) is 10.0 Å². The van der Waals surface area contributed by atoms with E-state index in [0.29, 0.717) is 34.4 Å². The van der Waals surface area contributed by atoms with Crippen LogP contribution in [0.4, 0.5) is 13.2 Å². The lowest BCUT2D eigenvalue weighted by molar-refractivity contribution is -0.147. The second-order valence-electron chi connectivity index (χ2n) is 7.74. The predicted octanol–water partition coefficient (Wildman–Crippen LogP) is 5.15. The quantitative estimate of drug-likeness (QED) is 0.393. The lowest BCUT2D eigenvalue weighted by Crippen LogP contribution is -2.42. The van der Waals surface area contributed by atoms with E-state index in [1.165, 1.54) is 6.07 Å². The van der Waals surface area contributed by atoms with Crippen LogP contribution in [0.15, 0.2) is 59.8 Å². The van der Waals surface area contributed by atoms with Crippen LogP contribution in [-0.4, -0.2) is 35.2 Å². The van der Waals surface area contributed by atoms with Gasteiger partial charge in [-0.3, -0.25) is 9.55 Å². The number of hydrogen-bond donors (Lipinski definition) is 1. The Morgan fingerprint density at radius 2 is 1.91 bits per heavy atom. The second-order valence-corrected chi connectivity index (χ2v) is 9.86. The van der Waals surface area contributed by atoms with E-state index in [0.717, 1.165) is 17.8 Å². The summed E-state index contributed by atoms with van der Waals surface area (Å²) in [6.45, 7) is 2.52. The van der Waals surface area contributed by atoms with Gasteiger partial charge in [0.15, 0.2) is 0 Å². The summed E-state index contributed by atoms with van der Waals surface area (Å²) >= 11 is 6.31. The molecule has 0 unspecified atom stereocenters. The number of rotatable bonds is 5. The van der Waals surface area contributed by atoms with Crippen molar-refractivity contribution in [3.05, 3.63) is 71.0 Å². The molecule has 0 aliphatic carbocycles.